The molecule has 2 heterocycles. The van der Waals surface area contributed by atoms with Gasteiger partial charge in [-0.05, 0) is 48.9 Å². The van der Waals surface area contributed by atoms with Crippen LogP contribution in [-0.2, 0) is 9.59 Å². The molecule has 29 heavy (non-hydrogen) atoms. The van der Waals surface area contributed by atoms with Crippen LogP contribution < -0.4 is 21.1 Å². The third-order valence-electron chi connectivity index (χ3n) is 4.65. The van der Waals surface area contributed by atoms with Crippen LogP contribution in [0.25, 0.3) is 0 Å². The van der Waals surface area contributed by atoms with Gasteiger partial charge in [-0.25, -0.2) is 10.4 Å². The molecule has 4 rings (SSSR count). The minimum absolute atomic E-state index is 0.0635. The van der Waals surface area contributed by atoms with Gasteiger partial charge in [0, 0.05) is 17.3 Å². The van der Waals surface area contributed by atoms with Crippen molar-refractivity contribution in [3.8, 4) is 0 Å². The summed E-state index contributed by atoms with van der Waals surface area (Å²) in [5.41, 5.74) is 8.49. The van der Waals surface area contributed by atoms with Crippen molar-refractivity contribution in [1.29, 1.82) is 0 Å². The molecule has 2 aromatic rings. The Bertz CT molecular complexity index is 966. The van der Waals surface area contributed by atoms with E-state index in [9.17, 15) is 9.59 Å². The lowest BCUT2D eigenvalue weighted by Crippen LogP contribution is -2.49. The predicted octanol–water partition coefficient (Wildman–Crippen LogP) is 2.77. The van der Waals surface area contributed by atoms with Crippen LogP contribution in [0.15, 0.2) is 53.5 Å². The second kappa shape index (κ2) is 8.54. The summed E-state index contributed by atoms with van der Waals surface area (Å²) < 4.78 is 0. The minimum Gasteiger partial charge on any atom is -0.325 e. The maximum atomic E-state index is 13.1. The SMILES string of the molecule is Cc1cccc(NC(=O)CSC2=NC3NNCC3C(=O)N2c2ccc(Cl)cc2)c1. The number of anilines is 2. The van der Waals surface area contributed by atoms with Crippen molar-refractivity contribution in [2.45, 2.75) is 13.1 Å². The van der Waals surface area contributed by atoms with E-state index >= 15 is 0 Å². The summed E-state index contributed by atoms with van der Waals surface area (Å²) in [5, 5.41) is 3.95. The number of hydrogen-bond donors (Lipinski definition) is 3. The van der Waals surface area contributed by atoms with E-state index in [4.69, 9.17) is 11.6 Å². The van der Waals surface area contributed by atoms with Crippen molar-refractivity contribution in [2.24, 2.45) is 10.9 Å². The summed E-state index contributed by atoms with van der Waals surface area (Å²) in [6.45, 7) is 2.47. The van der Waals surface area contributed by atoms with Gasteiger partial charge in [0.25, 0.3) is 0 Å². The Balaban J connectivity index is 1.51. The quantitative estimate of drug-likeness (QED) is 0.695. The molecule has 0 spiro atoms. The number of hydrazine groups is 1. The number of nitrogens with one attached hydrogen (secondary N) is 3. The molecule has 1 fully saturated rings. The van der Waals surface area contributed by atoms with Gasteiger partial charge in [0.15, 0.2) is 5.17 Å². The van der Waals surface area contributed by atoms with E-state index in [2.05, 4.69) is 21.2 Å². The van der Waals surface area contributed by atoms with Crippen molar-refractivity contribution >= 4 is 51.7 Å². The molecule has 0 aromatic heterocycles. The molecule has 1 saturated heterocycles. The van der Waals surface area contributed by atoms with Crippen molar-refractivity contribution in [1.82, 2.24) is 10.9 Å². The number of fused-ring (bicyclic) bond motifs is 1. The summed E-state index contributed by atoms with van der Waals surface area (Å²) in [6, 6.07) is 14.6. The van der Waals surface area contributed by atoms with Gasteiger partial charge >= 0.3 is 0 Å². The van der Waals surface area contributed by atoms with E-state index in [1.54, 1.807) is 29.2 Å². The highest BCUT2D eigenvalue weighted by molar-refractivity contribution is 8.14. The lowest BCUT2D eigenvalue weighted by molar-refractivity contribution is -0.121. The highest BCUT2D eigenvalue weighted by Crippen LogP contribution is 2.30. The number of halogens is 1. The van der Waals surface area contributed by atoms with Gasteiger partial charge in [-0.3, -0.25) is 19.9 Å². The molecule has 2 atom stereocenters. The second-order valence-corrected chi connectivity index (χ2v) is 8.22. The Morgan fingerprint density at radius 2 is 2.10 bits per heavy atom. The first-order chi connectivity index (χ1) is 14.0. The molecule has 9 heteroatoms. The maximum absolute atomic E-state index is 13.1. The molecule has 0 radical (unpaired) electrons. The number of nitrogens with zero attached hydrogens (tertiary/aromatic N) is 2. The molecule has 3 N–H and O–H groups in total. The zero-order chi connectivity index (χ0) is 20.4. The highest BCUT2D eigenvalue weighted by atomic mass is 35.5. The number of thioether (sulfide) groups is 1. The second-order valence-electron chi connectivity index (χ2n) is 6.84. The zero-order valence-corrected chi connectivity index (χ0v) is 17.3. The van der Waals surface area contributed by atoms with Crippen molar-refractivity contribution in [3.63, 3.8) is 0 Å². The average molecular weight is 430 g/mol. The zero-order valence-electron chi connectivity index (χ0n) is 15.7. The molecule has 2 aliphatic heterocycles. The lowest BCUT2D eigenvalue weighted by atomic mass is 10.0. The molecular weight excluding hydrogens is 410 g/mol. The van der Waals surface area contributed by atoms with Crippen LogP contribution in [-0.4, -0.2) is 35.4 Å². The van der Waals surface area contributed by atoms with E-state index in [-0.39, 0.29) is 29.7 Å². The smallest absolute Gasteiger partial charge is 0.241 e. The standard InChI is InChI=1S/C20H20ClN5O2S/c1-12-3-2-4-14(9-12)23-17(27)11-29-20-24-18-16(10-22-25-18)19(28)26(20)15-7-5-13(21)6-8-15/h2-9,16,18,22,25H,10-11H2,1H3,(H,23,27). The minimum atomic E-state index is -0.339. The molecule has 0 aliphatic carbocycles. The molecule has 2 aliphatic rings. The molecule has 2 amide bonds. The fourth-order valence-electron chi connectivity index (χ4n) is 3.25. The van der Waals surface area contributed by atoms with E-state index in [1.165, 1.54) is 11.8 Å². The number of benzene rings is 2. The van der Waals surface area contributed by atoms with Gasteiger partial charge in [-0.2, -0.15) is 0 Å². The van der Waals surface area contributed by atoms with Crippen molar-refractivity contribution < 1.29 is 9.59 Å². The Labute approximate surface area is 177 Å². The summed E-state index contributed by atoms with van der Waals surface area (Å²) in [5.74, 6) is -0.386. The number of aryl methyl sites for hydroxylation is 1. The Hall–Kier alpha value is -2.39. The summed E-state index contributed by atoms with van der Waals surface area (Å²) in [7, 11) is 0. The Morgan fingerprint density at radius 1 is 1.31 bits per heavy atom. The number of carbonyl (C=O) groups is 2. The Morgan fingerprint density at radius 3 is 2.86 bits per heavy atom. The molecule has 150 valence electrons. The summed E-state index contributed by atoms with van der Waals surface area (Å²) >= 11 is 7.22. The molecule has 2 unspecified atom stereocenters. The van der Waals surface area contributed by atoms with Gasteiger partial charge < -0.3 is 5.32 Å². The normalized spacial score (nSPS) is 21.0. The molecule has 2 aromatic carbocycles. The van der Waals surface area contributed by atoms with E-state index in [0.717, 1.165) is 11.3 Å². The van der Waals surface area contributed by atoms with Crippen LogP contribution >= 0.6 is 23.4 Å². The van der Waals surface area contributed by atoms with Crippen LogP contribution in [0.3, 0.4) is 0 Å². The third kappa shape index (κ3) is 4.45. The number of hydrogen-bond acceptors (Lipinski definition) is 6. The first-order valence-electron chi connectivity index (χ1n) is 9.16. The first kappa shape index (κ1) is 19.9. The van der Waals surface area contributed by atoms with Gasteiger partial charge in [-0.1, -0.05) is 35.5 Å². The fourth-order valence-corrected chi connectivity index (χ4v) is 4.22. The monoisotopic (exact) mass is 429 g/mol. The lowest BCUT2D eigenvalue weighted by Gasteiger charge is -2.32. The van der Waals surface area contributed by atoms with Crippen LogP contribution in [0.2, 0.25) is 5.02 Å². The van der Waals surface area contributed by atoms with E-state index in [0.29, 0.717) is 22.4 Å². The van der Waals surface area contributed by atoms with Gasteiger partial charge in [0.2, 0.25) is 11.8 Å². The largest absolute Gasteiger partial charge is 0.325 e. The van der Waals surface area contributed by atoms with Crippen LogP contribution in [0.4, 0.5) is 11.4 Å². The summed E-state index contributed by atoms with van der Waals surface area (Å²) in [4.78, 5) is 31.8. The fraction of sp³-hybridized carbons (Fsp3) is 0.250. The van der Waals surface area contributed by atoms with Gasteiger partial charge in [0.05, 0.1) is 17.4 Å². The van der Waals surface area contributed by atoms with E-state index in [1.807, 2.05) is 31.2 Å². The van der Waals surface area contributed by atoms with E-state index < -0.39 is 0 Å². The third-order valence-corrected chi connectivity index (χ3v) is 5.86. The van der Waals surface area contributed by atoms with Crippen molar-refractivity contribution in [2.75, 3.05) is 22.5 Å². The maximum Gasteiger partial charge on any atom is 0.241 e. The number of rotatable bonds is 4. The number of carbonyl (C=O) groups excluding carboxylic acids is 2. The predicted molar refractivity (Wildman–Crippen MR) is 117 cm³/mol. The first-order valence-corrected chi connectivity index (χ1v) is 10.5. The average Bonchev–Trinajstić information content (AvgIpc) is 3.16. The summed E-state index contributed by atoms with van der Waals surface area (Å²) in [6.07, 6.45) is -0.339. The topological polar surface area (TPSA) is 85.8 Å². The van der Waals surface area contributed by atoms with Crippen molar-refractivity contribution in [3.05, 3.63) is 59.1 Å². The van der Waals surface area contributed by atoms with Crippen LogP contribution in [0.5, 0.6) is 0 Å². The molecule has 0 saturated carbocycles. The number of amides is 2. The number of aliphatic imine (C=N–C) groups is 1. The van der Waals surface area contributed by atoms with Crippen LogP contribution in [0.1, 0.15) is 5.56 Å². The molecule has 0 bridgehead atoms. The molecule has 7 nitrogen and oxygen atoms in total. The molecular formula is C20H20ClN5O2S. The highest BCUT2D eigenvalue weighted by Gasteiger charge is 2.42. The van der Waals surface area contributed by atoms with Gasteiger partial charge in [0.1, 0.15) is 6.17 Å². The van der Waals surface area contributed by atoms with Crippen LogP contribution in [0, 0.1) is 12.8 Å². The number of amidine groups is 1. The Kier molecular flexibility index (Phi) is 5.86. The van der Waals surface area contributed by atoms with Gasteiger partial charge in [-0.15, -0.1) is 0 Å².